The molecular weight excluding hydrogens is 463 g/mol. The number of nitrogens with one attached hydrogen (secondary N) is 1. The number of fused-ring (bicyclic) bond motifs is 1. The molecule has 0 radical (unpaired) electrons. The Bertz CT molecular complexity index is 1280. The number of carbonyl (C=O) groups excluding carboxylic acids is 1. The Hall–Kier alpha value is -3.19. The van der Waals surface area contributed by atoms with E-state index >= 15 is 0 Å². The van der Waals surface area contributed by atoms with E-state index in [9.17, 15) is 18.0 Å². The van der Waals surface area contributed by atoms with E-state index in [1.165, 1.54) is 6.33 Å². The van der Waals surface area contributed by atoms with E-state index < -0.39 is 12.6 Å². The van der Waals surface area contributed by atoms with E-state index in [0.29, 0.717) is 21.6 Å². The Morgan fingerprint density at radius 1 is 1.29 bits per heavy atom. The van der Waals surface area contributed by atoms with Crippen molar-refractivity contribution in [1.82, 2.24) is 15.3 Å². The van der Waals surface area contributed by atoms with Crippen LogP contribution in [0.5, 0.6) is 0 Å². The molecule has 1 spiro atoms. The molecule has 1 N–H and O–H groups in total. The third-order valence-electron chi connectivity index (χ3n) is 6.64. The van der Waals surface area contributed by atoms with Crippen LogP contribution < -0.4 is 10.2 Å². The van der Waals surface area contributed by atoms with Crippen molar-refractivity contribution in [3.63, 3.8) is 0 Å². The summed E-state index contributed by atoms with van der Waals surface area (Å²) in [7, 11) is 0. The zero-order valence-electron chi connectivity index (χ0n) is 18.2. The normalized spacial score (nSPS) is 22.1. The minimum Gasteiger partial charge on any atom is -0.355 e. The zero-order chi connectivity index (χ0) is 23.9. The van der Waals surface area contributed by atoms with Crippen molar-refractivity contribution < 1.29 is 18.0 Å². The van der Waals surface area contributed by atoms with Gasteiger partial charge in [-0.05, 0) is 48.4 Å². The third kappa shape index (κ3) is 4.57. The average Bonchev–Trinajstić information content (AvgIpc) is 3.36. The number of thiophene rings is 1. The average molecular weight is 486 g/mol. The number of benzene rings is 1. The predicted molar refractivity (Wildman–Crippen MR) is 123 cm³/mol. The van der Waals surface area contributed by atoms with Crippen molar-refractivity contribution in [1.29, 1.82) is 5.26 Å². The molecule has 5 rings (SSSR count). The molecule has 176 valence electrons. The molecule has 0 atom stereocenters. The van der Waals surface area contributed by atoms with Crippen LogP contribution >= 0.6 is 11.3 Å². The van der Waals surface area contributed by atoms with Gasteiger partial charge in [0.2, 0.25) is 0 Å². The molecule has 1 aliphatic heterocycles. The molecule has 1 amide bonds. The fourth-order valence-corrected chi connectivity index (χ4v) is 6.17. The van der Waals surface area contributed by atoms with Gasteiger partial charge in [0.05, 0.1) is 24.3 Å². The summed E-state index contributed by atoms with van der Waals surface area (Å²) < 4.78 is 38.5. The highest BCUT2D eigenvalue weighted by Gasteiger charge is 2.49. The van der Waals surface area contributed by atoms with Gasteiger partial charge in [-0.3, -0.25) is 4.79 Å². The highest BCUT2D eigenvalue weighted by molar-refractivity contribution is 7.18. The lowest BCUT2D eigenvalue weighted by Gasteiger charge is -2.45. The summed E-state index contributed by atoms with van der Waals surface area (Å²) in [6.07, 6.45) is -0.883. The van der Waals surface area contributed by atoms with Gasteiger partial charge in [0.25, 0.3) is 5.91 Å². The highest BCUT2D eigenvalue weighted by Crippen LogP contribution is 2.49. The van der Waals surface area contributed by atoms with E-state index in [-0.39, 0.29) is 28.7 Å². The number of halogens is 3. The molecule has 1 saturated heterocycles. The van der Waals surface area contributed by atoms with Gasteiger partial charge in [-0.1, -0.05) is 12.1 Å². The minimum absolute atomic E-state index is 0.0721. The first-order valence-electron chi connectivity index (χ1n) is 11.1. The molecule has 34 heavy (non-hydrogen) atoms. The van der Waals surface area contributed by atoms with Gasteiger partial charge in [-0.15, -0.1) is 11.3 Å². The fourth-order valence-electron chi connectivity index (χ4n) is 5.15. The quantitative estimate of drug-likeness (QED) is 0.569. The van der Waals surface area contributed by atoms with Gasteiger partial charge in [-0.2, -0.15) is 18.4 Å². The van der Waals surface area contributed by atoms with E-state index in [1.807, 2.05) is 6.07 Å². The number of rotatable bonds is 5. The lowest BCUT2D eigenvalue weighted by molar-refractivity contribution is -0.126. The van der Waals surface area contributed by atoms with Crippen LogP contribution in [0, 0.1) is 16.7 Å². The molecule has 1 aliphatic carbocycles. The number of hydrogen-bond donors (Lipinski definition) is 1. The molecule has 0 bridgehead atoms. The minimum atomic E-state index is -4.26. The van der Waals surface area contributed by atoms with Gasteiger partial charge in [0.1, 0.15) is 17.0 Å². The number of aromatic nitrogens is 2. The smallest absolute Gasteiger partial charge is 0.355 e. The Morgan fingerprint density at radius 2 is 2.12 bits per heavy atom. The van der Waals surface area contributed by atoms with Gasteiger partial charge >= 0.3 is 6.18 Å². The summed E-state index contributed by atoms with van der Waals surface area (Å²) in [5.41, 5.74) is 1.44. The van der Waals surface area contributed by atoms with Crippen LogP contribution in [0.4, 0.5) is 19.0 Å². The number of nitriles is 1. The number of hydrogen-bond acceptors (Lipinski definition) is 6. The number of carbonyl (C=O) groups is 1. The predicted octanol–water partition coefficient (Wildman–Crippen LogP) is 4.65. The summed E-state index contributed by atoms with van der Waals surface area (Å²) in [6, 6.07) is 10.8. The summed E-state index contributed by atoms with van der Waals surface area (Å²) in [6.45, 7) is 1.53. The van der Waals surface area contributed by atoms with Gasteiger partial charge in [0.15, 0.2) is 0 Å². The molecule has 3 aromatic rings. The maximum absolute atomic E-state index is 12.8. The largest absolute Gasteiger partial charge is 0.393 e. The van der Waals surface area contributed by atoms with Crippen LogP contribution in [0.2, 0.25) is 0 Å². The Morgan fingerprint density at radius 3 is 2.88 bits per heavy atom. The molecule has 6 nitrogen and oxygen atoms in total. The first-order chi connectivity index (χ1) is 16.2. The molecule has 2 aliphatic rings. The SMILES string of the molecule is N#CCc1cccc(C(=O)NC2CC3(CCN(c4ncnc5sc(CC(F)(F)F)cc45)C3)C2)c1. The van der Waals surface area contributed by atoms with Crippen molar-refractivity contribution in [3.05, 3.63) is 52.7 Å². The van der Waals surface area contributed by atoms with Crippen molar-refractivity contribution in [2.45, 2.75) is 44.3 Å². The van der Waals surface area contributed by atoms with Gasteiger partial charge < -0.3 is 10.2 Å². The number of anilines is 1. The molecule has 1 saturated carbocycles. The topological polar surface area (TPSA) is 81.9 Å². The second-order valence-corrected chi connectivity index (χ2v) is 10.3. The third-order valence-corrected chi connectivity index (χ3v) is 7.68. The standard InChI is InChI=1S/C24H22F3N5OS/c25-24(26,27)12-18-9-19-20(29-14-30-22(19)34-18)32-7-5-23(13-32)10-17(11-23)31-21(33)16-3-1-2-15(8-16)4-6-28/h1-3,8-9,14,17H,4-5,7,10-13H2,(H,31,33). The van der Waals surface area contributed by atoms with Crippen LogP contribution in [-0.4, -0.2) is 41.2 Å². The lowest BCUT2D eigenvalue weighted by Crippen LogP contribution is -2.52. The van der Waals surface area contributed by atoms with E-state index in [2.05, 4.69) is 26.3 Å². The Kier molecular flexibility index (Phi) is 5.68. The number of alkyl halides is 3. The van der Waals surface area contributed by atoms with E-state index in [0.717, 1.165) is 49.3 Å². The van der Waals surface area contributed by atoms with Crippen molar-refractivity contribution in [2.75, 3.05) is 18.0 Å². The van der Waals surface area contributed by atoms with Gasteiger partial charge in [0, 0.05) is 29.6 Å². The fraction of sp³-hybridized carbons (Fsp3) is 0.417. The monoisotopic (exact) mass is 485 g/mol. The Balaban J connectivity index is 1.23. The van der Waals surface area contributed by atoms with Crippen molar-refractivity contribution in [3.8, 4) is 6.07 Å². The molecule has 2 aromatic heterocycles. The number of nitrogens with zero attached hydrogens (tertiary/aromatic N) is 4. The molecule has 0 unspecified atom stereocenters. The lowest BCUT2D eigenvalue weighted by atomic mass is 9.65. The molecule has 10 heteroatoms. The van der Waals surface area contributed by atoms with E-state index in [4.69, 9.17) is 5.26 Å². The van der Waals surface area contributed by atoms with Crippen LogP contribution in [0.1, 0.15) is 40.1 Å². The highest BCUT2D eigenvalue weighted by atomic mass is 32.1. The van der Waals surface area contributed by atoms with Crippen LogP contribution in [0.25, 0.3) is 10.2 Å². The van der Waals surface area contributed by atoms with Crippen LogP contribution in [0.3, 0.4) is 0 Å². The first kappa shape index (κ1) is 22.6. The van der Waals surface area contributed by atoms with Crippen molar-refractivity contribution in [2.24, 2.45) is 5.41 Å². The zero-order valence-corrected chi connectivity index (χ0v) is 19.0. The maximum atomic E-state index is 12.8. The molecule has 2 fully saturated rings. The van der Waals surface area contributed by atoms with Crippen molar-refractivity contribution >= 4 is 33.3 Å². The summed E-state index contributed by atoms with van der Waals surface area (Å²) in [5.74, 6) is 0.552. The summed E-state index contributed by atoms with van der Waals surface area (Å²) >= 11 is 1.06. The molecule has 3 heterocycles. The summed E-state index contributed by atoms with van der Waals surface area (Å²) in [5, 5.41) is 12.6. The number of amides is 1. The summed E-state index contributed by atoms with van der Waals surface area (Å²) in [4.78, 5) is 24.2. The maximum Gasteiger partial charge on any atom is 0.393 e. The molecular formula is C24H22F3N5OS. The van der Waals surface area contributed by atoms with E-state index in [1.54, 1.807) is 24.3 Å². The second-order valence-electron chi connectivity index (χ2n) is 9.21. The Labute approximate surface area is 198 Å². The van der Waals surface area contributed by atoms with Gasteiger partial charge in [-0.25, -0.2) is 9.97 Å². The van der Waals surface area contributed by atoms with Crippen LogP contribution in [0.15, 0.2) is 36.7 Å². The van der Waals surface area contributed by atoms with Crippen LogP contribution in [-0.2, 0) is 12.8 Å². The first-order valence-corrected chi connectivity index (χ1v) is 11.9. The molecule has 1 aromatic carbocycles. The second kappa shape index (κ2) is 8.55.